The monoisotopic (exact) mass is 603 g/mol. The summed E-state index contributed by atoms with van der Waals surface area (Å²) < 4.78 is 34.2. The highest BCUT2D eigenvalue weighted by Crippen LogP contribution is 2.39. The van der Waals surface area contributed by atoms with Crippen molar-refractivity contribution >= 4 is 34.8 Å². The zero-order valence-corrected chi connectivity index (χ0v) is 24.6. The Balaban J connectivity index is 1.72. The SMILES string of the molecule is Cc1cc(OCc2ccc(F)cc2F)c(Cl)c(=O)n1-c1ccc2c(c1)N(C(=O)CC(C)(C)O)CN2C(=O)CC(C)(C)O. The number of aromatic nitrogens is 1. The third-order valence-electron chi connectivity index (χ3n) is 6.55. The fourth-order valence-electron chi connectivity index (χ4n) is 4.65. The molecule has 0 fully saturated rings. The van der Waals surface area contributed by atoms with Crippen molar-refractivity contribution in [2.24, 2.45) is 0 Å². The van der Waals surface area contributed by atoms with Gasteiger partial charge in [-0.3, -0.25) is 28.8 Å². The Morgan fingerprint density at radius 3 is 2.10 bits per heavy atom. The number of benzene rings is 2. The lowest BCUT2D eigenvalue weighted by Crippen LogP contribution is -2.42. The molecule has 224 valence electrons. The summed E-state index contributed by atoms with van der Waals surface area (Å²) in [6.07, 6.45) is -0.422. The molecule has 2 N–H and O–H groups in total. The number of rotatable bonds is 8. The largest absolute Gasteiger partial charge is 0.487 e. The lowest BCUT2D eigenvalue weighted by Gasteiger charge is -2.24. The third kappa shape index (κ3) is 6.80. The van der Waals surface area contributed by atoms with Crippen LogP contribution in [-0.4, -0.2) is 44.5 Å². The number of hydrogen-bond acceptors (Lipinski definition) is 6. The van der Waals surface area contributed by atoms with Gasteiger partial charge in [-0.25, -0.2) is 8.78 Å². The van der Waals surface area contributed by atoms with Gasteiger partial charge in [0.2, 0.25) is 11.8 Å². The van der Waals surface area contributed by atoms with Crippen LogP contribution in [0.4, 0.5) is 20.2 Å². The molecule has 0 saturated heterocycles. The van der Waals surface area contributed by atoms with E-state index >= 15 is 0 Å². The molecule has 42 heavy (non-hydrogen) atoms. The normalized spacial score (nSPS) is 13.4. The summed E-state index contributed by atoms with van der Waals surface area (Å²) in [6.45, 7) is 7.20. The van der Waals surface area contributed by atoms with Gasteiger partial charge in [-0.15, -0.1) is 0 Å². The van der Waals surface area contributed by atoms with E-state index in [-0.39, 0.29) is 42.5 Å². The van der Waals surface area contributed by atoms with Crippen LogP contribution in [0.25, 0.3) is 5.69 Å². The Morgan fingerprint density at radius 1 is 0.929 bits per heavy atom. The predicted molar refractivity (Wildman–Crippen MR) is 154 cm³/mol. The van der Waals surface area contributed by atoms with Gasteiger partial charge in [-0.1, -0.05) is 11.6 Å². The second-order valence-electron chi connectivity index (χ2n) is 11.6. The first-order valence-electron chi connectivity index (χ1n) is 13.1. The van der Waals surface area contributed by atoms with Crippen molar-refractivity contribution in [1.82, 2.24) is 4.57 Å². The molecule has 0 spiro atoms. The van der Waals surface area contributed by atoms with Gasteiger partial charge in [0, 0.05) is 23.4 Å². The summed E-state index contributed by atoms with van der Waals surface area (Å²) in [4.78, 5) is 42.4. The number of fused-ring (bicyclic) bond motifs is 1. The van der Waals surface area contributed by atoms with E-state index in [0.29, 0.717) is 22.8 Å². The van der Waals surface area contributed by atoms with Gasteiger partial charge in [-0.2, -0.15) is 0 Å². The maximum atomic E-state index is 14.0. The molecule has 4 rings (SSSR count). The van der Waals surface area contributed by atoms with E-state index in [0.717, 1.165) is 12.1 Å². The molecule has 0 saturated carbocycles. The van der Waals surface area contributed by atoms with E-state index in [1.807, 2.05) is 0 Å². The quantitative estimate of drug-likeness (QED) is 0.389. The average molecular weight is 604 g/mol. The third-order valence-corrected chi connectivity index (χ3v) is 6.90. The van der Waals surface area contributed by atoms with E-state index in [2.05, 4.69) is 0 Å². The minimum absolute atomic E-state index is 0.00525. The number of pyridine rings is 1. The number of hydrogen-bond donors (Lipinski definition) is 2. The molecule has 1 aliphatic rings. The van der Waals surface area contributed by atoms with Crippen LogP contribution >= 0.6 is 11.6 Å². The smallest absolute Gasteiger partial charge is 0.277 e. The zero-order valence-electron chi connectivity index (χ0n) is 23.9. The van der Waals surface area contributed by atoms with Gasteiger partial charge < -0.3 is 14.9 Å². The first kappa shape index (κ1) is 31.1. The lowest BCUT2D eigenvalue weighted by atomic mass is 10.0. The number of carbonyl (C=O) groups excluding carboxylic acids is 2. The Bertz CT molecular complexity index is 1610. The molecule has 2 aromatic carbocycles. The zero-order chi connectivity index (χ0) is 31.1. The van der Waals surface area contributed by atoms with E-state index in [4.69, 9.17) is 16.3 Å². The fraction of sp³-hybridized carbons (Fsp3) is 0.367. The van der Waals surface area contributed by atoms with Crippen LogP contribution in [-0.2, 0) is 16.2 Å². The highest BCUT2D eigenvalue weighted by atomic mass is 35.5. The van der Waals surface area contributed by atoms with Crippen LogP contribution in [0.15, 0.2) is 47.3 Å². The molecule has 0 unspecified atom stereocenters. The summed E-state index contributed by atoms with van der Waals surface area (Å²) in [5.74, 6) is -2.38. The molecule has 12 heteroatoms. The highest BCUT2D eigenvalue weighted by molar-refractivity contribution is 6.31. The van der Waals surface area contributed by atoms with Crippen LogP contribution in [0, 0.1) is 18.6 Å². The molecule has 0 radical (unpaired) electrons. The number of nitrogens with zero attached hydrogens (tertiary/aromatic N) is 3. The van der Waals surface area contributed by atoms with Gasteiger partial charge in [-0.05, 0) is 65.0 Å². The second kappa shape index (κ2) is 11.5. The Labute approximate surface area is 246 Å². The lowest BCUT2D eigenvalue weighted by molar-refractivity contribution is -0.122. The van der Waals surface area contributed by atoms with Crippen LogP contribution in [0.3, 0.4) is 0 Å². The molecule has 1 aliphatic heterocycles. The van der Waals surface area contributed by atoms with Crippen molar-refractivity contribution in [1.29, 1.82) is 0 Å². The van der Waals surface area contributed by atoms with Crippen LogP contribution in [0.2, 0.25) is 5.02 Å². The van der Waals surface area contributed by atoms with E-state index < -0.39 is 40.2 Å². The highest BCUT2D eigenvalue weighted by Gasteiger charge is 2.37. The minimum atomic E-state index is -1.31. The van der Waals surface area contributed by atoms with Crippen molar-refractivity contribution < 1.29 is 33.3 Å². The molecule has 2 heterocycles. The van der Waals surface area contributed by atoms with Crippen molar-refractivity contribution in [2.75, 3.05) is 16.5 Å². The van der Waals surface area contributed by atoms with Crippen LogP contribution in [0.5, 0.6) is 5.75 Å². The molecule has 1 aromatic heterocycles. The first-order valence-corrected chi connectivity index (χ1v) is 13.5. The van der Waals surface area contributed by atoms with Crippen molar-refractivity contribution in [3.8, 4) is 11.4 Å². The number of halogens is 3. The fourth-order valence-corrected chi connectivity index (χ4v) is 4.84. The Morgan fingerprint density at radius 2 is 1.52 bits per heavy atom. The number of carbonyl (C=O) groups is 2. The standard InChI is InChI=1S/C30H32ClF2N3O6/c1-17-10-24(42-15-18-6-7-19(32)11-21(18)33)27(31)28(39)36(17)20-8-9-22-23(12-20)35(26(38)14-30(4,5)41)16-34(22)25(37)13-29(2,3)40/h6-12,40-41H,13-16H2,1-5H3. The molecule has 0 atom stereocenters. The van der Waals surface area contributed by atoms with Crippen molar-refractivity contribution in [3.05, 3.63) is 80.7 Å². The molecule has 2 amide bonds. The molecule has 3 aromatic rings. The number of aliphatic hydroxyl groups is 2. The number of ether oxygens (including phenoxy) is 1. The Hall–Kier alpha value is -3.80. The summed E-state index contributed by atoms with van der Waals surface area (Å²) in [5, 5.41) is 20.2. The number of amides is 2. The van der Waals surface area contributed by atoms with E-state index in [1.165, 1.54) is 54.2 Å². The topological polar surface area (TPSA) is 112 Å². The maximum Gasteiger partial charge on any atom is 0.277 e. The number of aryl methyl sites for hydroxylation is 1. The second-order valence-corrected chi connectivity index (χ2v) is 11.9. The van der Waals surface area contributed by atoms with E-state index in [9.17, 15) is 33.4 Å². The summed E-state index contributed by atoms with van der Waals surface area (Å²) >= 11 is 6.37. The van der Waals surface area contributed by atoms with Crippen molar-refractivity contribution in [3.63, 3.8) is 0 Å². The van der Waals surface area contributed by atoms with Crippen molar-refractivity contribution in [2.45, 2.75) is 65.3 Å². The minimum Gasteiger partial charge on any atom is -0.487 e. The van der Waals surface area contributed by atoms with Crippen LogP contribution < -0.4 is 20.1 Å². The summed E-state index contributed by atoms with van der Waals surface area (Å²) in [5.41, 5.74) is -1.69. The molecular weight excluding hydrogens is 572 g/mol. The van der Waals surface area contributed by atoms with Gasteiger partial charge in [0.05, 0.1) is 41.1 Å². The first-order chi connectivity index (χ1) is 19.4. The molecule has 9 nitrogen and oxygen atoms in total. The van der Waals surface area contributed by atoms with E-state index in [1.54, 1.807) is 25.1 Å². The Kier molecular flexibility index (Phi) is 8.50. The van der Waals surface area contributed by atoms with Crippen LogP contribution in [0.1, 0.15) is 51.8 Å². The maximum absolute atomic E-state index is 14.0. The molecular formula is C30H32ClF2N3O6. The summed E-state index contributed by atoms with van der Waals surface area (Å²) in [6, 6.07) is 9.29. The van der Waals surface area contributed by atoms with Gasteiger partial charge in [0.1, 0.15) is 35.7 Å². The van der Waals surface area contributed by atoms with Gasteiger partial charge in [0.15, 0.2) is 0 Å². The summed E-state index contributed by atoms with van der Waals surface area (Å²) in [7, 11) is 0. The predicted octanol–water partition coefficient (Wildman–Crippen LogP) is 4.62. The molecule has 0 aliphatic carbocycles. The van der Waals surface area contributed by atoms with Gasteiger partial charge >= 0.3 is 0 Å². The number of anilines is 2. The van der Waals surface area contributed by atoms with Gasteiger partial charge in [0.25, 0.3) is 5.56 Å². The average Bonchev–Trinajstić information content (AvgIpc) is 3.24. The molecule has 0 bridgehead atoms.